The monoisotopic (exact) mass is 459 g/mol. The molecule has 2 unspecified atom stereocenters. The van der Waals surface area contributed by atoms with Crippen LogP contribution in [0.1, 0.15) is 39.9 Å². The van der Waals surface area contributed by atoms with E-state index in [2.05, 4.69) is 26.3 Å². The van der Waals surface area contributed by atoms with Crippen molar-refractivity contribution in [3.8, 4) is 6.07 Å². The number of nitrogens with one attached hydrogen (secondary N) is 1. The van der Waals surface area contributed by atoms with Crippen molar-refractivity contribution in [3.63, 3.8) is 0 Å². The van der Waals surface area contributed by atoms with Gasteiger partial charge in [-0.05, 0) is 48.4 Å². The summed E-state index contributed by atoms with van der Waals surface area (Å²) in [6.45, 7) is 0.351. The van der Waals surface area contributed by atoms with E-state index in [1.807, 2.05) is 28.3 Å². The van der Waals surface area contributed by atoms with Crippen LogP contribution in [0.3, 0.4) is 0 Å². The van der Waals surface area contributed by atoms with Crippen LogP contribution in [-0.4, -0.2) is 30.0 Å². The number of anilines is 1. The van der Waals surface area contributed by atoms with Crippen LogP contribution in [0, 0.1) is 23.2 Å². The van der Waals surface area contributed by atoms with Gasteiger partial charge in [0.15, 0.2) is 5.13 Å². The van der Waals surface area contributed by atoms with E-state index in [1.54, 1.807) is 35.3 Å². The first kappa shape index (κ1) is 20.8. The van der Waals surface area contributed by atoms with Gasteiger partial charge in [0, 0.05) is 30.5 Å². The van der Waals surface area contributed by atoms with Gasteiger partial charge in [-0.25, -0.2) is 15.0 Å². The molecule has 1 aliphatic rings. The van der Waals surface area contributed by atoms with E-state index in [1.165, 1.54) is 23.6 Å². The number of amides is 1. The zero-order chi connectivity index (χ0) is 22.8. The molecule has 2 atom stereocenters. The third-order valence-corrected chi connectivity index (χ3v) is 6.08. The Balaban J connectivity index is 1.22. The van der Waals surface area contributed by atoms with Crippen molar-refractivity contribution in [1.29, 1.82) is 5.26 Å². The molecule has 0 spiro atoms. The second-order valence-corrected chi connectivity index (χ2v) is 8.52. The number of nitriles is 1. The SMILES string of the molecule is N#CC1CC1n1cnc(/C=C/c2csc(NC(=O)c3cccn3Cc3ccnc(F)c3)n2)c1. The fourth-order valence-corrected chi connectivity index (χ4v) is 4.19. The fourth-order valence-electron chi connectivity index (χ4n) is 3.52. The maximum absolute atomic E-state index is 13.4. The van der Waals surface area contributed by atoms with E-state index in [4.69, 9.17) is 5.26 Å². The van der Waals surface area contributed by atoms with Crippen molar-refractivity contribution < 1.29 is 9.18 Å². The van der Waals surface area contributed by atoms with Crippen LogP contribution >= 0.6 is 11.3 Å². The van der Waals surface area contributed by atoms with E-state index >= 15 is 0 Å². The molecule has 33 heavy (non-hydrogen) atoms. The minimum atomic E-state index is -0.556. The van der Waals surface area contributed by atoms with E-state index < -0.39 is 5.95 Å². The molecule has 164 valence electrons. The Bertz CT molecular complexity index is 1380. The number of halogens is 1. The fraction of sp³-hybridized carbons (Fsp3) is 0.174. The molecule has 1 N–H and O–H groups in total. The Morgan fingerprint density at radius 1 is 1.33 bits per heavy atom. The molecule has 10 heteroatoms. The van der Waals surface area contributed by atoms with Gasteiger partial charge in [-0.2, -0.15) is 9.65 Å². The van der Waals surface area contributed by atoms with Gasteiger partial charge in [0.25, 0.3) is 5.91 Å². The third kappa shape index (κ3) is 4.73. The smallest absolute Gasteiger partial charge is 0.274 e. The maximum atomic E-state index is 13.4. The van der Waals surface area contributed by atoms with Crippen LogP contribution < -0.4 is 5.32 Å². The molecular formula is C23H18FN7OS. The molecule has 0 saturated heterocycles. The largest absolute Gasteiger partial charge is 0.339 e. The Morgan fingerprint density at radius 2 is 2.21 bits per heavy atom. The van der Waals surface area contributed by atoms with Crippen LogP contribution in [0.4, 0.5) is 9.52 Å². The summed E-state index contributed by atoms with van der Waals surface area (Å²) >= 11 is 1.32. The molecular weight excluding hydrogens is 441 g/mol. The molecule has 1 fully saturated rings. The molecule has 0 aromatic carbocycles. The van der Waals surface area contributed by atoms with Crippen LogP contribution in [0.2, 0.25) is 0 Å². The lowest BCUT2D eigenvalue weighted by atomic mass is 10.2. The summed E-state index contributed by atoms with van der Waals surface area (Å²) in [5.74, 6) is -0.776. The average Bonchev–Trinajstić information content (AvgIpc) is 3.16. The van der Waals surface area contributed by atoms with Gasteiger partial charge >= 0.3 is 0 Å². The molecule has 1 aliphatic carbocycles. The Labute approximate surface area is 192 Å². The molecule has 0 aliphatic heterocycles. The number of aromatic nitrogens is 5. The molecule has 1 amide bonds. The predicted octanol–water partition coefficient (Wildman–Crippen LogP) is 4.23. The lowest BCUT2D eigenvalue weighted by Gasteiger charge is -2.09. The second-order valence-electron chi connectivity index (χ2n) is 7.66. The lowest BCUT2D eigenvalue weighted by Crippen LogP contribution is -2.17. The first-order valence-electron chi connectivity index (χ1n) is 10.2. The van der Waals surface area contributed by atoms with E-state index in [9.17, 15) is 9.18 Å². The van der Waals surface area contributed by atoms with Crippen LogP contribution in [0.15, 0.2) is 54.6 Å². The van der Waals surface area contributed by atoms with Gasteiger partial charge in [-0.15, -0.1) is 11.3 Å². The number of carbonyl (C=O) groups excluding carboxylic acids is 1. The first-order valence-corrected chi connectivity index (χ1v) is 11.1. The highest BCUT2D eigenvalue weighted by molar-refractivity contribution is 7.14. The normalized spacial score (nSPS) is 17.2. The van der Waals surface area contributed by atoms with Gasteiger partial charge in [0.05, 0.1) is 35.7 Å². The summed E-state index contributed by atoms with van der Waals surface area (Å²) in [5.41, 5.74) is 2.64. The Kier molecular flexibility index (Phi) is 5.54. The maximum Gasteiger partial charge on any atom is 0.274 e. The van der Waals surface area contributed by atoms with Gasteiger partial charge < -0.3 is 9.13 Å². The summed E-state index contributed by atoms with van der Waals surface area (Å²) in [6.07, 6.45) is 11.4. The quantitative estimate of drug-likeness (QED) is 0.417. The summed E-state index contributed by atoms with van der Waals surface area (Å²) < 4.78 is 17.1. The Morgan fingerprint density at radius 3 is 3.03 bits per heavy atom. The highest BCUT2D eigenvalue weighted by atomic mass is 32.1. The Hall–Kier alpha value is -4.10. The molecule has 8 nitrogen and oxygen atoms in total. The minimum Gasteiger partial charge on any atom is -0.339 e. The molecule has 1 saturated carbocycles. The first-order chi connectivity index (χ1) is 16.1. The van der Waals surface area contributed by atoms with E-state index in [0.29, 0.717) is 28.6 Å². The van der Waals surface area contributed by atoms with Gasteiger partial charge in [-0.3, -0.25) is 10.1 Å². The molecule has 0 bridgehead atoms. The molecule has 4 heterocycles. The van der Waals surface area contributed by atoms with Gasteiger partial charge in [0.1, 0.15) is 5.69 Å². The topological polar surface area (TPSA) is 101 Å². The number of nitrogens with zero attached hydrogens (tertiary/aromatic N) is 6. The summed E-state index contributed by atoms with van der Waals surface area (Å²) in [7, 11) is 0. The summed E-state index contributed by atoms with van der Waals surface area (Å²) in [5, 5.41) is 14.1. The number of thiazole rings is 1. The van der Waals surface area contributed by atoms with E-state index in [-0.39, 0.29) is 17.9 Å². The van der Waals surface area contributed by atoms with Crippen molar-refractivity contribution in [2.24, 2.45) is 5.92 Å². The standard InChI is InChI=1S/C23H18FN7OS/c24-21-8-15(5-6-26-21)11-30-7-1-2-19(30)22(32)29-23-28-18(13-33-23)4-3-17-12-31(14-27-17)20-9-16(20)10-25/h1-8,12-14,16,20H,9,11H2,(H,28,29,32)/b4-3+. The number of hydrogen-bond acceptors (Lipinski definition) is 6. The zero-order valence-corrected chi connectivity index (χ0v) is 18.1. The minimum absolute atomic E-state index is 0.0766. The zero-order valence-electron chi connectivity index (χ0n) is 17.3. The summed E-state index contributed by atoms with van der Waals surface area (Å²) in [6, 6.07) is 9.02. The lowest BCUT2D eigenvalue weighted by molar-refractivity contribution is 0.101. The molecule has 5 rings (SSSR count). The third-order valence-electron chi connectivity index (χ3n) is 5.30. The van der Waals surface area contributed by atoms with Crippen molar-refractivity contribution in [3.05, 3.63) is 83.2 Å². The van der Waals surface area contributed by atoms with Crippen molar-refractivity contribution in [1.82, 2.24) is 24.1 Å². The van der Waals surface area contributed by atoms with Crippen molar-refractivity contribution in [2.45, 2.75) is 19.0 Å². The molecule has 0 radical (unpaired) electrons. The van der Waals surface area contributed by atoms with E-state index in [0.717, 1.165) is 12.1 Å². The van der Waals surface area contributed by atoms with Crippen molar-refractivity contribution >= 4 is 34.5 Å². The predicted molar refractivity (Wildman–Crippen MR) is 122 cm³/mol. The average molecular weight is 460 g/mol. The molecule has 4 aromatic heterocycles. The van der Waals surface area contributed by atoms with Gasteiger partial charge in [0.2, 0.25) is 5.95 Å². The van der Waals surface area contributed by atoms with Gasteiger partial charge in [-0.1, -0.05) is 0 Å². The number of carbonyl (C=O) groups is 1. The number of rotatable bonds is 7. The van der Waals surface area contributed by atoms with Crippen LogP contribution in [0.5, 0.6) is 0 Å². The van der Waals surface area contributed by atoms with Crippen LogP contribution in [-0.2, 0) is 6.54 Å². The summed E-state index contributed by atoms with van der Waals surface area (Å²) in [4.78, 5) is 25.1. The number of imidazole rings is 1. The number of pyridine rings is 1. The number of hydrogen-bond donors (Lipinski definition) is 1. The van der Waals surface area contributed by atoms with Crippen molar-refractivity contribution in [2.75, 3.05) is 5.32 Å². The highest BCUT2D eigenvalue weighted by Gasteiger charge is 2.38. The molecule has 4 aromatic rings. The second kappa shape index (κ2) is 8.80. The van der Waals surface area contributed by atoms with Crippen LogP contribution in [0.25, 0.3) is 12.2 Å². The highest BCUT2D eigenvalue weighted by Crippen LogP contribution is 2.42.